The number of ketones is 1. The Hall–Kier alpha value is -2.02. The minimum Gasteiger partial charge on any atom is -0.458 e. The third kappa shape index (κ3) is 3.19. The first-order chi connectivity index (χ1) is 16.3. The van der Waals surface area contributed by atoms with Crippen LogP contribution in [0.4, 0.5) is 0 Å². The normalized spacial score (nSPS) is 48.0. The predicted molar refractivity (Wildman–Crippen MR) is 131 cm³/mol. The third-order valence-electron chi connectivity index (χ3n) is 10.6. The van der Waals surface area contributed by atoms with E-state index in [-0.39, 0.29) is 29.6 Å². The lowest BCUT2D eigenvalue weighted by Gasteiger charge is -2.60. The molecule has 0 unspecified atom stereocenters. The lowest BCUT2D eigenvalue weighted by molar-refractivity contribution is -0.232. The summed E-state index contributed by atoms with van der Waals surface area (Å²) in [4.78, 5) is 27.5. The SMILES string of the molecule is C[C@H]1C[C@]2(O)C(=O)[C@@]3(C)[C@H](OC(=O)C=Cc4ccccc4)[C@@H]4[C@H](CC[C@@]3(C)[C@H](O)[C@H]2[C@H]1O)C4(C)C. The molecule has 3 N–H and O–H groups in total. The van der Waals surface area contributed by atoms with Crippen LogP contribution in [0.1, 0.15) is 59.4 Å². The van der Waals surface area contributed by atoms with Gasteiger partial charge in [0.15, 0.2) is 5.78 Å². The van der Waals surface area contributed by atoms with Gasteiger partial charge in [-0.05, 0) is 55.1 Å². The Balaban J connectivity index is 1.56. The Morgan fingerprint density at radius 2 is 1.74 bits per heavy atom. The van der Waals surface area contributed by atoms with Gasteiger partial charge in [0.2, 0.25) is 0 Å². The Morgan fingerprint density at radius 1 is 1.09 bits per heavy atom. The lowest BCUT2D eigenvalue weighted by Crippen LogP contribution is -2.72. The summed E-state index contributed by atoms with van der Waals surface area (Å²) in [6.45, 7) is 9.73. The van der Waals surface area contributed by atoms with Crippen molar-refractivity contribution in [3.05, 3.63) is 42.0 Å². The highest BCUT2D eigenvalue weighted by molar-refractivity contribution is 5.96. The van der Waals surface area contributed by atoms with Gasteiger partial charge in [-0.25, -0.2) is 4.79 Å². The molecule has 0 aromatic heterocycles. The van der Waals surface area contributed by atoms with Crippen LogP contribution in [0.15, 0.2) is 36.4 Å². The van der Waals surface area contributed by atoms with E-state index in [2.05, 4.69) is 13.8 Å². The molecule has 0 amide bonds. The fourth-order valence-electron chi connectivity index (χ4n) is 8.19. The molecule has 5 rings (SSSR count). The molecule has 6 heteroatoms. The van der Waals surface area contributed by atoms with Gasteiger partial charge < -0.3 is 20.1 Å². The highest BCUT2D eigenvalue weighted by Crippen LogP contribution is 2.73. The van der Waals surface area contributed by atoms with Crippen LogP contribution >= 0.6 is 0 Å². The van der Waals surface area contributed by atoms with Crippen molar-refractivity contribution in [2.75, 3.05) is 0 Å². The quantitative estimate of drug-likeness (QED) is 0.451. The highest BCUT2D eigenvalue weighted by Gasteiger charge is 2.79. The van der Waals surface area contributed by atoms with Crippen LogP contribution < -0.4 is 0 Å². The molecule has 6 nitrogen and oxygen atoms in total. The number of ether oxygens (including phenoxy) is 1. The molecule has 190 valence electrons. The van der Waals surface area contributed by atoms with E-state index in [1.54, 1.807) is 19.9 Å². The maximum absolute atomic E-state index is 14.3. The number of esters is 1. The van der Waals surface area contributed by atoms with Crippen molar-refractivity contribution in [3.8, 4) is 0 Å². The Kier molecular flexibility index (Phi) is 5.45. The zero-order valence-corrected chi connectivity index (χ0v) is 21.3. The van der Waals surface area contributed by atoms with Gasteiger partial charge in [-0.15, -0.1) is 0 Å². The van der Waals surface area contributed by atoms with Gasteiger partial charge in [0.05, 0.1) is 17.6 Å². The fourth-order valence-corrected chi connectivity index (χ4v) is 8.19. The first-order valence-corrected chi connectivity index (χ1v) is 12.9. The molecule has 0 spiro atoms. The molecule has 1 aromatic rings. The molecule has 35 heavy (non-hydrogen) atoms. The molecular formula is C29H38O6. The lowest BCUT2D eigenvalue weighted by atomic mass is 9.46. The zero-order chi connectivity index (χ0) is 25.6. The van der Waals surface area contributed by atoms with Crippen molar-refractivity contribution < 1.29 is 29.6 Å². The van der Waals surface area contributed by atoms with E-state index in [1.807, 2.05) is 37.3 Å². The van der Waals surface area contributed by atoms with Gasteiger partial charge in [0, 0.05) is 23.3 Å². The standard InChI is InChI=1S/C29H38O6/c1-16-15-29(34)21(22(16)31)23(32)27(4)14-13-18-20(26(18,2)3)24(28(27,5)25(29)33)35-19(30)12-11-17-9-7-6-8-10-17/h6-12,16,18,20-24,31-32,34H,13-15H2,1-5H3/t16-,18-,20-,21+,22-,23+,24+,27-,28+,29+/m0/s1. The number of hydrogen-bond acceptors (Lipinski definition) is 6. The maximum Gasteiger partial charge on any atom is 0.331 e. The van der Waals surface area contributed by atoms with E-state index in [4.69, 9.17) is 4.74 Å². The fraction of sp³-hybridized carbons (Fsp3) is 0.655. The second-order valence-electron chi connectivity index (χ2n) is 12.6. The molecule has 0 aliphatic heterocycles. The van der Waals surface area contributed by atoms with E-state index in [0.29, 0.717) is 6.42 Å². The Labute approximate surface area is 207 Å². The van der Waals surface area contributed by atoms with Gasteiger partial charge in [-0.2, -0.15) is 0 Å². The van der Waals surface area contributed by atoms with E-state index < -0.39 is 52.4 Å². The molecule has 4 aliphatic carbocycles. The minimum atomic E-state index is -1.85. The molecule has 4 saturated carbocycles. The average Bonchev–Trinajstić information content (AvgIpc) is 3.30. The summed E-state index contributed by atoms with van der Waals surface area (Å²) in [5.41, 5.74) is -3.36. The molecule has 4 aliphatic rings. The molecule has 0 bridgehead atoms. The smallest absolute Gasteiger partial charge is 0.331 e. The number of carbonyl (C=O) groups excluding carboxylic acids is 2. The van der Waals surface area contributed by atoms with Gasteiger partial charge in [0.1, 0.15) is 11.7 Å². The van der Waals surface area contributed by atoms with Gasteiger partial charge in [-0.3, -0.25) is 4.79 Å². The van der Waals surface area contributed by atoms with E-state index >= 15 is 0 Å². The molecule has 1 aromatic carbocycles. The zero-order valence-electron chi connectivity index (χ0n) is 21.3. The molecular weight excluding hydrogens is 444 g/mol. The van der Waals surface area contributed by atoms with Crippen molar-refractivity contribution in [3.63, 3.8) is 0 Å². The van der Waals surface area contributed by atoms with Crippen LogP contribution in [-0.2, 0) is 14.3 Å². The monoisotopic (exact) mass is 482 g/mol. The maximum atomic E-state index is 14.3. The van der Waals surface area contributed by atoms with Crippen LogP contribution in [-0.4, -0.2) is 51.0 Å². The second-order valence-corrected chi connectivity index (χ2v) is 12.6. The number of carbonyl (C=O) groups is 2. The number of aliphatic hydroxyl groups is 3. The molecule has 0 heterocycles. The van der Waals surface area contributed by atoms with Crippen LogP contribution in [0.25, 0.3) is 6.08 Å². The Bertz CT molecular complexity index is 1060. The van der Waals surface area contributed by atoms with Crippen molar-refractivity contribution >= 4 is 17.8 Å². The summed E-state index contributed by atoms with van der Waals surface area (Å²) in [7, 11) is 0. The number of hydrogen-bond donors (Lipinski definition) is 3. The highest BCUT2D eigenvalue weighted by atomic mass is 16.5. The average molecular weight is 483 g/mol. The summed E-state index contributed by atoms with van der Waals surface area (Å²) in [5, 5.41) is 34.3. The van der Waals surface area contributed by atoms with Crippen LogP contribution in [0.3, 0.4) is 0 Å². The molecule has 4 fully saturated rings. The second kappa shape index (κ2) is 7.74. The molecule has 0 radical (unpaired) electrons. The number of Topliss-reactive ketones (excluding diaryl/α,β-unsaturated/α-hetero) is 1. The number of benzene rings is 1. The largest absolute Gasteiger partial charge is 0.458 e. The van der Waals surface area contributed by atoms with E-state index in [9.17, 15) is 24.9 Å². The van der Waals surface area contributed by atoms with Gasteiger partial charge in [-0.1, -0.05) is 58.0 Å². The van der Waals surface area contributed by atoms with Gasteiger partial charge >= 0.3 is 5.97 Å². The number of aliphatic hydroxyl groups excluding tert-OH is 2. The van der Waals surface area contributed by atoms with Crippen molar-refractivity contribution in [2.45, 2.75) is 77.8 Å². The van der Waals surface area contributed by atoms with E-state index in [1.165, 1.54) is 6.08 Å². The summed E-state index contributed by atoms with van der Waals surface area (Å²) in [6.07, 6.45) is 1.65. The summed E-state index contributed by atoms with van der Waals surface area (Å²) in [6, 6.07) is 9.44. The van der Waals surface area contributed by atoms with Crippen molar-refractivity contribution in [2.24, 2.45) is 39.9 Å². The topological polar surface area (TPSA) is 104 Å². The summed E-state index contributed by atoms with van der Waals surface area (Å²) >= 11 is 0. The first-order valence-electron chi connectivity index (χ1n) is 12.9. The Morgan fingerprint density at radius 3 is 2.40 bits per heavy atom. The summed E-state index contributed by atoms with van der Waals surface area (Å²) < 4.78 is 6.15. The van der Waals surface area contributed by atoms with Crippen LogP contribution in [0.2, 0.25) is 0 Å². The predicted octanol–water partition coefficient (Wildman–Crippen LogP) is 3.38. The third-order valence-corrected chi connectivity index (χ3v) is 10.6. The number of fused-ring (bicyclic) bond motifs is 3. The number of rotatable bonds is 3. The van der Waals surface area contributed by atoms with E-state index in [0.717, 1.165) is 12.0 Å². The van der Waals surface area contributed by atoms with Crippen molar-refractivity contribution in [1.82, 2.24) is 0 Å². The molecule has 10 atom stereocenters. The van der Waals surface area contributed by atoms with Crippen LogP contribution in [0, 0.1) is 39.9 Å². The first kappa shape index (κ1) is 24.7. The van der Waals surface area contributed by atoms with Gasteiger partial charge in [0.25, 0.3) is 0 Å². The minimum absolute atomic E-state index is 0.0524. The summed E-state index contributed by atoms with van der Waals surface area (Å²) in [5.74, 6) is -2.02. The van der Waals surface area contributed by atoms with Crippen molar-refractivity contribution in [1.29, 1.82) is 0 Å². The molecule has 0 saturated heterocycles. The van der Waals surface area contributed by atoms with Crippen LogP contribution in [0.5, 0.6) is 0 Å².